The number of hydrogen-bond donors (Lipinski definition) is 1. The van der Waals surface area contributed by atoms with Crippen LogP contribution in [-0.2, 0) is 20.9 Å². The van der Waals surface area contributed by atoms with Gasteiger partial charge in [0.25, 0.3) is 0 Å². The number of thioether (sulfide) groups is 1. The summed E-state index contributed by atoms with van der Waals surface area (Å²) in [5, 5.41) is 2.98. The second-order valence-corrected chi connectivity index (χ2v) is 9.64. The predicted octanol–water partition coefficient (Wildman–Crippen LogP) is 4.77. The smallest absolute Gasteiger partial charge is 0.408 e. The van der Waals surface area contributed by atoms with Gasteiger partial charge in [-0.3, -0.25) is 4.79 Å². The molecule has 1 aliphatic heterocycles. The van der Waals surface area contributed by atoms with Crippen molar-refractivity contribution in [3.63, 3.8) is 0 Å². The third-order valence-electron chi connectivity index (χ3n) is 3.72. The SMILES string of the molecule is CC(C)C[C@@]1(C(=O)OCc2ccccc2Cl)SC1NC(=O)OC(C)(C)C. The fourth-order valence-corrected chi connectivity index (χ4v) is 4.15. The lowest BCUT2D eigenvalue weighted by molar-refractivity contribution is -0.147. The third-order valence-corrected chi connectivity index (χ3v) is 5.58. The molecule has 5 nitrogen and oxygen atoms in total. The first kappa shape index (κ1) is 20.9. The highest BCUT2D eigenvalue weighted by atomic mass is 35.5. The Morgan fingerprint density at radius 1 is 1.31 bits per heavy atom. The van der Waals surface area contributed by atoms with E-state index in [1.54, 1.807) is 26.8 Å². The van der Waals surface area contributed by atoms with Crippen LogP contribution in [0.5, 0.6) is 0 Å². The summed E-state index contributed by atoms with van der Waals surface area (Å²) in [5.41, 5.74) is 0.166. The van der Waals surface area contributed by atoms with Crippen LogP contribution in [0.3, 0.4) is 0 Å². The van der Waals surface area contributed by atoms with E-state index in [4.69, 9.17) is 21.1 Å². The summed E-state index contributed by atoms with van der Waals surface area (Å²) in [4.78, 5) is 24.8. The second-order valence-electron chi connectivity index (χ2n) is 7.80. The Bertz CT molecular complexity index is 674. The van der Waals surface area contributed by atoms with Gasteiger partial charge in [-0.1, -0.05) is 43.6 Å². The van der Waals surface area contributed by atoms with Crippen molar-refractivity contribution in [2.75, 3.05) is 0 Å². The average Bonchev–Trinajstić information content (AvgIpc) is 3.16. The van der Waals surface area contributed by atoms with Crippen LogP contribution < -0.4 is 5.32 Å². The van der Waals surface area contributed by atoms with Crippen LogP contribution in [0, 0.1) is 5.92 Å². The number of rotatable bonds is 6. The fourth-order valence-electron chi connectivity index (χ4n) is 2.62. The van der Waals surface area contributed by atoms with Crippen molar-refractivity contribution >= 4 is 35.4 Å². The summed E-state index contributed by atoms with van der Waals surface area (Å²) in [7, 11) is 0. The van der Waals surface area contributed by atoms with E-state index in [0.717, 1.165) is 5.56 Å². The Labute approximate surface area is 164 Å². The summed E-state index contributed by atoms with van der Waals surface area (Å²) in [6.07, 6.45) is 0.0824. The summed E-state index contributed by atoms with van der Waals surface area (Å²) in [5.74, 6) is -0.0574. The molecule has 1 aromatic rings. The van der Waals surface area contributed by atoms with Crippen LogP contribution in [-0.4, -0.2) is 27.8 Å². The molecule has 0 spiro atoms. The molecule has 2 atom stereocenters. The normalized spacial score (nSPS) is 22.0. The van der Waals surface area contributed by atoms with Crippen molar-refractivity contribution in [2.45, 2.75) is 63.4 Å². The van der Waals surface area contributed by atoms with Gasteiger partial charge in [0.15, 0.2) is 0 Å². The average molecular weight is 400 g/mol. The first-order chi connectivity index (χ1) is 12.0. The number of carbonyl (C=O) groups is 2. The van der Waals surface area contributed by atoms with Gasteiger partial charge in [0.05, 0.1) is 0 Å². The van der Waals surface area contributed by atoms with Gasteiger partial charge >= 0.3 is 12.1 Å². The molecule has 0 aliphatic carbocycles. The van der Waals surface area contributed by atoms with Crippen LogP contribution >= 0.6 is 23.4 Å². The molecule has 1 fully saturated rings. The molecule has 1 aromatic carbocycles. The number of alkyl carbamates (subject to hydrolysis) is 1. The minimum absolute atomic E-state index is 0.109. The molecule has 0 bridgehead atoms. The summed E-state index contributed by atoms with van der Waals surface area (Å²) >= 11 is 7.51. The first-order valence-corrected chi connectivity index (χ1v) is 9.87. The van der Waals surface area contributed by atoms with Crippen LogP contribution in [0.2, 0.25) is 5.02 Å². The largest absolute Gasteiger partial charge is 0.460 e. The molecule has 0 radical (unpaired) electrons. The molecule has 26 heavy (non-hydrogen) atoms. The molecule has 0 aromatic heterocycles. The van der Waals surface area contributed by atoms with E-state index in [2.05, 4.69) is 5.32 Å². The molecule has 1 saturated heterocycles. The van der Waals surface area contributed by atoms with E-state index in [9.17, 15) is 9.59 Å². The standard InChI is InChI=1S/C19H26ClNO4S/c1-12(2)10-19(15(26-19)21-17(23)25-18(3,4)5)16(22)24-11-13-8-6-7-9-14(13)20/h6-9,12,15H,10-11H2,1-5H3,(H,21,23)/t15?,19-/m1/s1. The molecule has 2 rings (SSSR count). The monoisotopic (exact) mass is 399 g/mol. The number of amides is 1. The van der Waals surface area contributed by atoms with Crippen LogP contribution in [0.1, 0.15) is 46.6 Å². The van der Waals surface area contributed by atoms with Gasteiger partial charge in [-0.05, 0) is 39.2 Å². The van der Waals surface area contributed by atoms with E-state index < -0.39 is 16.4 Å². The van der Waals surface area contributed by atoms with E-state index in [0.29, 0.717) is 11.4 Å². The summed E-state index contributed by atoms with van der Waals surface area (Å²) in [6, 6.07) is 7.25. The molecular formula is C19H26ClNO4S. The van der Waals surface area contributed by atoms with Gasteiger partial charge in [-0.25, -0.2) is 4.79 Å². The second kappa shape index (κ2) is 8.09. The zero-order chi connectivity index (χ0) is 19.5. The van der Waals surface area contributed by atoms with Crippen molar-refractivity contribution in [2.24, 2.45) is 5.92 Å². The molecule has 1 heterocycles. The lowest BCUT2D eigenvalue weighted by Gasteiger charge is -2.21. The summed E-state index contributed by atoms with van der Waals surface area (Å²) < 4.78 is 10.0. The number of ether oxygens (including phenoxy) is 2. The number of halogens is 1. The molecule has 1 aliphatic rings. The molecule has 1 unspecified atom stereocenters. The molecule has 7 heteroatoms. The summed E-state index contributed by atoms with van der Waals surface area (Å²) in [6.45, 7) is 9.57. The maximum absolute atomic E-state index is 12.7. The van der Waals surface area contributed by atoms with E-state index >= 15 is 0 Å². The van der Waals surface area contributed by atoms with Gasteiger partial charge in [-0.2, -0.15) is 0 Å². The van der Waals surface area contributed by atoms with Crippen molar-refractivity contribution in [1.29, 1.82) is 0 Å². The highest BCUT2D eigenvalue weighted by molar-refractivity contribution is 8.09. The van der Waals surface area contributed by atoms with E-state index in [1.807, 2.05) is 32.0 Å². The van der Waals surface area contributed by atoms with Crippen molar-refractivity contribution in [1.82, 2.24) is 5.32 Å². The maximum Gasteiger partial charge on any atom is 0.408 e. The van der Waals surface area contributed by atoms with E-state index in [-0.39, 0.29) is 23.9 Å². The molecule has 1 amide bonds. The van der Waals surface area contributed by atoms with Gasteiger partial charge in [0.2, 0.25) is 0 Å². The van der Waals surface area contributed by atoms with Gasteiger partial charge in [0.1, 0.15) is 22.3 Å². The third kappa shape index (κ3) is 5.55. The Kier molecular flexibility index (Phi) is 6.51. The Morgan fingerprint density at radius 2 is 1.96 bits per heavy atom. The highest BCUT2D eigenvalue weighted by Gasteiger charge is 2.64. The molecule has 1 N–H and O–H groups in total. The van der Waals surface area contributed by atoms with Gasteiger partial charge in [-0.15, -0.1) is 11.8 Å². The van der Waals surface area contributed by atoms with Crippen LogP contribution in [0.25, 0.3) is 0 Å². The lowest BCUT2D eigenvalue weighted by Crippen LogP contribution is -2.41. The molecule has 144 valence electrons. The van der Waals surface area contributed by atoms with Crippen molar-refractivity contribution in [3.05, 3.63) is 34.9 Å². The number of carbonyl (C=O) groups excluding carboxylic acids is 2. The predicted molar refractivity (Wildman–Crippen MR) is 104 cm³/mol. The topological polar surface area (TPSA) is 64.6 Å². The van der Waals surface area contributed by atoms with Gasteiger partial charge in [0, 0.05) is 10.6 Å². The zero-order valence-electron chi connectivity index (χ0n) is 15.8. The quantitative estimate of drug-likeness (QED) is 0.551. The number of benzene rings is 1. The van der Waals surface area contributed by atoms with Gasteiger partial charge < -0.3 is 14.8 Å². The highest BCUT2D eigenvalue weighted by Crippen LogP contribution is 2.56. The minimum atomic E-state index is -0.772. The Balaban J connectivity index is 2.00. The number of hydrogen-bond acceptors (Lipinski definition) is 5. The van der Waals surface area contributed by atoms with Crippen molar-refractivity contribution < 1.29 is 19.1 Å². The molecule has 0 saturated carbocycles. The van der Waals surface area contributed by atoms with Crippen molar-refractivity contribution in [3.8, 4) is 0 Å². The Hall–Kier alpha value is -1.40. The zero-order valence-corrected chi connectivity index (χ0v) is 17.4. The lowest BCUT2D eigenvalue weighted by atomic mass is 9.97. The molecular weight excluding hydrogens is 374 g/mol. The van der Waals surface area contributed by atoms with E-state index in [1.165, 1.54) is 11.8 Å². The fraction of sp³-hybridized carbons (Fsp3) is 0.579. The first-order valence-electron chi connectivity index (χ1n) is 8.61. The number of esters is 1. The Morgan fingerprint density at radius 3 is 2.54 bits per heavy atom. The van der Waals surface area contributed by atoms with Crippen LogP contribution in [0.4, 0.5) is 4.79 Å². The number of nitrogens with one attached hydrogen (secondary N) is 1. The maximum atomic E-state index is 12.7. The minimum Gasteiger partial charge on any atom is -0.460 e. The van der Waals surface area contributed by atoms with Crippen LogP contribution in [0.15, 0.2) is 24.3 Å².